The van der Waals surface area contributed by atoms with Gasteiger partial charge in [-0.25, -0.2) is 4.79 Å². The van der Waals surface area contributed by atoms with Crippen molar-refractivity contribution in [1.29, 1.82) is 0 Å². The van der Waals surface area contributed by atoms with Crippen LogP contribution in [0.15, 0.2) is 59.9 Å². The van der Waals surface area contributed by atoms with E-state index in [0.29, 0.717) is 16.8 Å². The average Bonchev–Trinajstić information content (AvgIpc) is 2.74. The first-order chi connectivity index (χ1) is 14.3. The van der Waals surface area contributed by atoms with Crippen LogP contribution >= 0.6 is 0 Å². The molecule has 0 aliphatic carbocycles. The van der Waals surface area contributed by atoms with E-state index in [9.17, 15) is 24.6 Å². The minimum absolute atomic E-state index is 0. The summed E-state index contributed by atoms with van der Waals surface area (Å²) in [7, 11) is 1.47. The molecule has 4 N–H and O–H groups in total. The Morgan fingerprint density at radius 1 is 1.26 bits per heavy atom. The van der Waals surface area contributed by atoms with Crippen molar-refractivity contribution in [3.63, 3.8) is 0 Å². The largest absolute Gasteiger partial charge is 1.00 e. The van der Waals surface area contributed by atoms with E-state index in [1.807, 2.05) is 0 Å². The molecular weight excluding hydrogens is 413 g/mol. The molecule has 1 unspecified atom stereocenters. The predicted molar refractivity (Wildman–Crippen MR) is 109 cm³/mol. The van der Waals surface area contributed by atoms with Crippen molar-refractivity contribution in [3.05, 3.63) is 71.0 Å². The molecule has 0 radical (unpaired) electrons. The van der Waals surface area contributed by atoms with Crippen molar-refractivity contribution in [2.45, 2.75) is 12.5 Å². The van der Waals surface area contributed by atoms with Crippen molar-refractivity contribution >= 4 is 17.7 Å². The van der Waals surface area contributed by atoms with Gasteiger partial charge in [0.1, 0.15) is 5.75 Å². The Kier molecular flexibility index (Phi) is 8.31. The minimum Gasteiger partial charge on any atom is -1.00 e. The van der Waals surface area contributed by atoms with Gasteiger partial charge in [-0.1, -0.05) is 18.2 Å². The van der Waals surface area contributed by atoms with Gasteiger partial charge in [0.15, 0.2) is 5.69 Å². The smallest absolute Gasteiger partial charge is 1.00 e. The average molecular weight is 433 g/mol. The van der Waals surface area contributed by atoms with Gasteiger partial charge in [-0.3, -0.25) is 19.6 Å². The molecule has 1 atom stereocenters. The third kappa shape index (κ3) is 6.14. The Bertz CT molecular complexity index is 1140. The molecule has 1 aromatic carbocycles. The number of hydrogen-bond acceptors (Lipinski definition) is 6. The molecule has 2 heterocycles. The Labute approximate surface area is 200 Å². The molecule has 0 saturated heterocycles. The predicted octanol–water partition coefficient (Wildman–Crippen LogP) is -0.998. The molecule has 2 aromatic heterocycles. The molecule has 3 aromatic rings. The fraction of sp³-hybridized carbons (Fsp3) is 0.150. The van der Waals surface area contributed by atoms with E-state index in [4.69, 9.17) is 0 Å². The third-order valence-electron chi connectivity index (χ3n) is 4.32. The summed E-state index contributed by atoms with van der Waals surface area (Å²) in [6.07, 6.45) is 5.60. The Hall–Kier alpha value is -3.21. The summed E-state index contributed by atoms with van der Waals surface area (Å²) in [4.78, 5) is 44.1. The number of hydrogen-bond donors (Lipinski definition) is 4. The zero-order chi connectivity index (χ0) is 21.7. The maximum Gasteiger partial charge on any atom is 1.00 e. The van der Waals surface area contributed by atoms with Crippen molar-refractivity contribution in [2.24, 2.45) is 7.05 Å². The van der Waals surface area contributed by atoms with Gasteiger partial charge in [-0.2, -0.15) is 0 Å². The van der Waals surface area contributed by atoms with Crippen LogP contribution in [0, 0.1) is 0 Å². The summed E-state index contributed by atoms with van der Waals surface area (Å²) in [6, 6.07) is 6.42. The number of carbonyl (C=O) groups excluding carboxylic acids is 1. The summed E-state index contributed by atoms with van der Waals surface area (Å²) in [5, 5.41) is 24.0. The van der Waals surface area contributed by atoms with Gasteiger partial charge in [0.2, 0.25) is 0 Å². The molecule has 0 saturated carbocycles. The number of urea groups is 1. The number of anilines is 1. The number of aryl methyl sites for hydroxylation is 1. The van der Waals surface area contributed by atoms with Crippen LogP contribution in [0.25, 0.3) is 11.3 Å². The van der Waals surface area contributed by atoms with E-state index in [-0.39, 0.29) is 36.7 Å². The second-order valence-corrected chi connectivity index (χ2v) is 6.46. The van der Waals surface area contributed by atoms with Gasteiger partial charge < -0.3 is 26.8 Å². The van der Waals surface area contributed by atoms with E-state index < -0.39 is 35.8 Å². The maximum absolute atomic E-state index is 12.5. The monoisotopic (exact) mass is 433 g/mol. The number of pyridine rings is 1. The summed E-state index contributed by atoms with van der Waals surface area (Å²) < 4.78 is 1.19. The second kappa shape index (κ2) is 10.7. The first-order valence-electron chi connectivity index (χ1n) is 8.89. The van der Waals surface area contributed by atoms with Gasteiger partial charge in [0.25, 0.3) is 5.56 Å². The van der Waals surface area contributed by atoms with E-state index >= 15 is 0 Å². The standard InChI is InChI=1S/C20H19N5O5.Na.H/c1-25-8-5-16(26)18(19(25)29)24-20(30)23-14(10-17(27)28)12-3-2-4-13(9-12)15-11-21-6-7-22-15;;/h2-9,11,14,26H,10H2,1H3,(H,27,28)(H2,23,24,30);;/q;+1;-1. The zero-order valence-electron chi connectivity index (χ0n) is 17.9. The van der Waals surface area contributed by atoms with E-state index in [1.165, 1.54) is 36.3 Å². The Morgan fingerprint density at radius 2 is 2.03 bits per heavy atom. The minimum atomic E-state index is -1.12. The summed E-state index contributed by atoms with van der Waals surface area (Å²) in [5.41, 5.74) is 0.911. The number of aromatic nitrogens is 3. The number of amides is 2. The molecule has 0 bridgehead atoms. The number of carboxylic acids is 1. The van der Waals surface area contributed by atoms with E-state index in [2.05, 4.69) is 20.6 Å². The van der Waals surface area contributed by atoms with Gasteiger partial charge >= 0.3 is 41.6 Å². The van der Waals surface area contributed by atoms with Crippen LogP contribution in [0.1, 0.15) is 19.5 Å². The third-order valence-corrected chi connectivity index (χ3v) is 4.32. The fourth-order valence-electron chi connectivity index (χ4n) is 2.83. The number of aliphatic carboxylic acids is 1. The van der Waals surface area contributed by atoms with Gasteiger partial charge in [-0.15, -0.1) is 0 Å². The normalized spacial score (nSPS) is 11.1. The van der Waals surface area contributed by atoms with Crippen molar-refractivity contribution in [3.8, 4) is 17.0 Å². The summed E-state index contributed by atoms with van der Waals surface area (Å²) in [6.45, 7) is 0. The van der Waals surface area contributed by atoms with Crippen LogP contribution < -0.4 is 45.8 Å². The molecular formula is C20H20N5NaO5. The number of carbonyl (C=O) groups is 2. The molecule has 0 aliphatic heterocycles. The van der Waals surface area contributed by atoms with Crippen LogP contribution in [0.4, 0.5) is 10.5 Å². The first kappa shape index (κ1) is 24.1. The molecule has 0 aliphatic rings. The number of rotatable bonds is 6. The number of benzene rings is 1. The van der Waals surface area contributed by atoms with E-state index in [1.54, 1.807) is 30.5 Å². The van der Waals surface area contributed by atoms with E-state index in [0.717, 1.165) is 0 Å². The molecule has 0 spiro atoms. The number of carboxylic acid groups (broad SMARTS) is 1. The molecule has 3 rings (SSSR count). The number of nitrogens with one attached hydrogen (secondary N) is 2. The van der Waals surface area contributed by atoms with Crippen LogP contribution in [0.3, 0.4) is 0 Å². The molecule has 2 amide bonds. The molecule has 0 fully saturated rings. The Morgan fingerprint density at radius 3 is 2.71 bits per heavy atom. The van der Waals surface area contributed by atoms with Crippen molar-refractivity contribution in [1.82, 2.24) is 19.9 Å². The van der Waals surface area contributed by atoms with Crippen molar-refractivity contribution < 1.29 is 50.8 Å². The fourth-order valence-corrected chi connectivity index (χ4v) is 2.83. The molecule has 10 nitrogen and oxygen atoms in total. The summed E-state index contributed by atoms with van der Waals surface area (Å²) in [5.74, 6) is -1.52. The SMILES string of the molecule is Cn1ccc(O)c(NC(=O)NC(CC(=O)O)c2cccc(-c3cnccn3)c2)c1=O.[H-].[Na+]. The number of aromatic hydroxyl groups is 1. The maximum atomic E-state index is 12.5. The first-order valence-corrected chi connectivity index (χ1v) is 8.89. The van der Waals surface area contributed by atoms with Crippen LogP contribution in [-0.2, 0) is 11.8 Å². The van der Waals surface area contributed by atoms with Crippen molar-refractivity contribution in [2.75, 3.05) is 5.32 Å². The molecule has 31 heavy (non-hydrogen) atoms. The van der Waals surface area contributed by atoms with Crippen LogP contribution in [-0.4, -0.2) is 36.7 Å². The van der Waals surface area contributed by atoms with Crippen LogP contribution in [0.2, 0.25) is 0 Å². The summed E-state index contributed by atoms with van der Waals surface area (Å²) >= 11 is 0. The molecule has 156 valence electrons. The zero-order valence-corrected chi connectivity index (χ0v) is 18.9. The van der Waals surface area contributed by atoms with Crippen LogP contribution in [0.5, 0.6) is 5.75 Å². The molecule has 11 heteroatoms. The van der Waals surface area contributed by atoms with Gasteiger partial charge in [0.05, 0.1) is 24.4 Å². The quantitative estimate of drug-likeness (QED) is 0.365. The van der Waals surface area contributed by atoms with Gasteiger partial charge in [0, 0.05) is 31.2 Å². The Balaban J connectivity index is 0.00000256. The number of nitrogens with zero attached hydrogens (tertiary/aromatic N) is 3. The van der Waals surface area contributed by atoms with Gasteiger partial charge in [-0.05, 0) is 17.7 Å². The topological polar surface area (TPSA) is 146 Å². The second-order valence-electron chi connectivity index (χ2n) is 6.46.